The molecule has 0 heterocycles. The molecule has 3 nitrogen and oxygen atoms in total. The fourth-order valence-electron chi connectivity index (χ4n) is 2.57. The Bertz CT molecular complexity index is 416. The van der Waals surface area contributed by atoms with E-state index in [1.165, 1.54) is 5.56 Å². The molecule has 3 atom stereocenters. The lowest BCUT2D eigenvalue weighted by Crippen LogP contribution is -2.19. The summed E-state index contributed by atoms with van der Waals surface area (Å²) < 4.78 is 10.8. The number of hydrogen-bond acceptors (Lipinski definition) is 3. The number of carbonyl (C=O) groups is 1. The molecule has 124 valence electrons. The summed E-state index contributed by atoms with van der Waals surface area (Å²) in [5.41, 5.74) is 1.21. The second-order valence-electron chi connectivity index (χ2n) is 6.31. The Morgan fingerprint density at radius 3 is 2.41 bits per heavy atom. The maximum absolute atomic E-state index is 11.5. The summed E-state index contributed by atoms with van der Waals surface area (Å²) in [5, 5.41) is 0. The Morgan fingerprint density at radius 1 is 1.09 bits per heavy atom. The number of hydrogen-bond donors (Lipinski definition) is 0. The lowest BCUT2D eigenvalue weighted by atomic mass is 9.86. The lowest BCUT2D eigenvalue weighted by molar-refractivity contribution is -0.144. The first-order chi connectivity index (χ1) is 10.5. The number of esters is 1. The van der Waals surface area contributed by atoms with Crippen molar-refractivity contribution in [2.75, 3.05) is 13.2 Å². The Labute approximate surface area is 135 Å². The van der Waals surface area contributed by atoms with Gasteiger partial charge in [-0.25, -0.2) is 0 Å². The molecular weight excluding hydrogens is 276 g/mol. The summed E-state index contributed by atoms with van der Waals surface area (Å²) in [6.45, 7) is 10.3. The molecule has 0 fully saturated rings. The molecule has 0 unspecified atom stereocenters. The molecule has 3 heteroatoms. The SMILES string of the molecule is CCOC(=O)C[C@@H](C)[C@@H](C)C[C@H](C)COCc1ccccc1. The molecule has 1 rings (SSSR count). The molecule has 0 spiro atoms. The van der Waals surface area contributed by atoms with Gasteiger partial charge in [0.2, 0.25) is 0 Å². The van der Waals surface area contributed by atoms with Gasteiger partial charge in [-0.3, -0.25) is 4.79 Å². The van der Waals surface area contributed by atoms with Gasteiger partial charge in [0.05, 0.1) is 13.2 Å². The minimum atomic E-state index is -0.0881. The Morgan fingerprint density at radius 2 is 1.77 bits per heavy atom. The van der Waals surface area contributed by atoms with E-state index in [1.807, 2.05) is 25.1 Å². The van der Waals surface area contributed by atoms with E-state index in [2.05, 4.69) is 32.9 Å². The quantitative estimate of drug-likeness (QED) is 0.599. The van der Waals surface area contributed by atoms with Gasteiger partial charge in [0.1, 0.15) is 0 Å². The van der Waals surface area contributed by atoms with Gasteiger partial charge in [-0.05, 0) is 36.7 Å². The Balaban J connectivity index is 2.22. The minimum Gasteiger partial charge on any atom is -0.466 e. The maximum atomic E-state index is 11.5. The van der Waals surface area contributed by atoms with Crippen molar-refractivity contribution in [3.05, 3.63) is 35.9 Å². The number of carbonyl (C=O) groups excluding carboxylic acids is 1. The molecule has 1 aromatic rings. The minimum absolute atomic E-state index is 0.0881. The molecule has 0 aromatic heterocycles. The van der Waals surface area contributed by atoms with Crippen molar-refractivity contribution in [1.82, 2.24) is 0 Å². The van der Waals surface area contributed by atoms with Crippen LogP contribution in [0.3, 0.4) is 0 Å². The van der Waals surface area contributed by atoms with Gasteiger partial charge in [0.15, 0.2) is 0 Å². The molecule has 0 saturated carbocycles. The first kappa shape index (κ1) is 18.7. The van der Waals surface area contributed by atoms with Gasteiger partial charge < -0.3 is 9.47 Å². The summed E-state index contributed by atoms with van der Waals surface area (Å²) in [7, 11) is 0. The number of ether oxygens (including phenoxy) is 2. The molecule has 1 aromatic carbocycles. The first-order valence-corrected chi connectivity index (χ1v) is 8.30. The van der Waals surface area contributed by atoms with Crippen molar-refractivity contribution in [3.63, 3.8) is 0 Å². The molecule has 0 aliphatic carbocycles. The van der Waals surface area contributed by atoms with Crippen LogP contribution in [0.1, 0.15) is 46.1 Å². The highest BCUT2D eigenvalue weighted by atomic mass is 16.5. The molecule has 0 bridgehead atoms. The third-order valence-electron chi connectivity index (χ3n) is 4.05. The van der Waals surface area contributed by atoms with Gasteiger partial charge in [-0.15, -0.1) is 0 Å². The van der Waals surface area contributed by atoms with E-state index in [0.29, 0.717) is 37.4 Å². The molecular formula is C19H30O3. The molecule has 0 aliphatic heterocycles. The first-order valence-electron chi connectivity index (χ1n) is 8.30. The molecule has 0 saturated heterocycles. The van der Waals surface area contributed by atoms with Gasteiger partial charge in [0, 0.05) is 13.0 Å². The van der Waals surface area contributed by atoms with Crippen LogP contribution in [0.4, 0.5) is 0 Å². The second-order valence-corrected chi connectivity index (χ2v) is 6.31. The van der Waals surface area contributed by atoms with E-state index in [-0.39, 0.29) is 5.97 Å². The van der Waals surface area contributed by atoms with Crippen LogP contribution in [0.2, 0.25) is 0 Å². The molecule has 0 aliphatic rings. The number of rotatable bonds is 10. The van der Waals surface area contributed by atoms with Crippen LogP contribution >= 0.6 is 0 Å². The highest BCUT2D eigenvalue weighted by Crippen LogP contribution is 2.23. The van der Waals surface area contributed by atoms with E-state index in [1.54, 1.807) is 0 Å². The molecule has 22 heavy (non-hydrogen) atoms. The fourth-order valence-corrected chi connectivity index (χ4v) is 2.57. The van der Waals surface area contributed by atoms with Crippen LogP contribution in [0, 0.1) is 17.8 Å². The smallest absolute Gasteiger partial charge is 0.306 e. The summed E-state index contributed by atoms with van der Waals surface area (Å²) in [4.78, 5) is 11.5. The van der Waals surface area contributed by atoms with E-state index in [9.17, 15) is 4.79 Å². The van der Waals surface area contributed by atoms with Crippen LogP contribution in [0.5, 0.6) is 0 Å². The van der Waals surface area contributed by atoms with Crippen molar-refractivity contribution < 1.29 is 14.3 Å². The van der Waals surface area contributed by atoms with Crippen LogP contribution in [0.25, 0.3) is 0 Å². The highest BCUT2D eigenvalue weighted by Gasteiger charge is 2.19. The second kappa shape index (κ2) is 10.4. The van der Waals surface area contributed by atoms with Crippen LogP contribution < -0.4 is 0 Å². The third-order valence-corrected chi connectivity index (χ3v) is 4.05. The van der Waals surface area contributed by atoms with Crippen molar-refractivity contribution >= 4 is 5.97 Å². The highest BCUT2D eigenvalue weighted by molar-refractivity contribution is 5.69. The molecule has 0 amide bonds. The summed E-state index contributed by atoms with van der Waals surface area (Å²) in [6.07, 6.45) is 1.57. The van der Waals surface area contributed by atoms with Gasteiger partial charge in [-0.2, -0.15) is 0 Å². The van der Waals surface area contributed by atoms with Crippen LogP contribution in [-0.4, -0.2) is 19.2 Å². The van der Waals surface area contributed by atoms with E-state index < -0.39 is 0 Å². The normalized spacial score (nSPS) is 15.1. The zero-order chi connectivity index (χ0) is 16.4. The van der Waals surface area contributed by atoms with Crippen LogP contribution in [-0.2, 0) is 20.9 Å². The molecule has 0 radical (unpaired) electrons. The average molecular weight is 306 g/mol. The van der Waals surface area contributed by atoms with Gasteiger partial charge in [0.25, 0.3) is 0 Å². The zero-order valence-electron chi connectivity index (χ0n) is 14.4. The van der Waals surface area contributed by atoms with Gasteiger partial charge >= 0.3 is 5.97 Å². The van der Waals surface area contributed by atoms with E-state index in [4.69, 9.17) is 9.47 Å². The summed E-state index contributed by atoms with van der Waals surface area (Å²) >= 11 is 0. The van der Waals surface area contributed by atoms with Crippen molar-refractivity contribution in [2.45, 2.75) is 47.1 Å². The average Bonchev–Trinajstić information content (AvgIpc) is 2.48. The predicted molar refractivity (Wildman–Crippen MR) is 89.5 cm³/mol. The van der Waals surface area contributed by atoms with Gasteiger partial charge in [-0.1, -0.05) is 51.1 Å². The topological polar surface area (TPSA) is 35.5 Å². The fraction of sp³-hybridized carbons (Fsp3) is 0.632. The third kappa shape index (κ3) is 7.60. The van der Waals surface area contributed by atoms with Crippen molar-refractivity contribution in [3.8, 4) is 0 Å². The lowest BCUT2D eigenvalue weighted by Gasteiger charge is -2.22. The predicted octanol–water partition coefficient (Wildman–Crippen LogP) is 4.45. The van der Waals surface area contributed by atoms with E-state index >= 15 is 0 Å². The maximum Gasteiger partial charge on any atom is 0.306 e. The monoisotopic (exact) mass is 306 g/mol. The van der Waals surface area contributed by atoms with Crippen molar-refractivity contribution in [1.29, 1.82) is 0 Å². The Hall–Kier alpha value is -1.35. The largest absolute Gasteiger partial charge is 0.466 e. The standard InChI is InChI=1S/C19H30O3/c1-5-22-19(20)12-17(4)16(3)11-15(2)13-21-14-18-9-7-6-8-10-18/h6-10,15-17H,5,11-14H2,1-4H3/t15-,16-,17+/m0/s1. The van der Waals surface area contributed by atoms with E-state index in [0.717, 1.165) is 13.0 Å². The summed E-state index contributed by atoms with van der Waals surface area (Å²) in [5.74, 6) is 1.23. The summed E-state index contributed by atoms with van der Waals surface area (Å²) in [6, 6.07) is 10.2. The number of benzene rings is 1. The Kier molecular flexibility index (Phi) is 8.83. The molecule has 0 N–H and O–H groups in total. The van der Waals surface area contributed by atoms with Crippen LogP contribution in [0.15, 0.2) is 30.3 Å². The zero-order valence-corrected chi connectivity index (χ0v) is 14.4. The van der Waals surface area contributed by atoms with Crippen molar-refractivity contribution in [2.24, 2.45) is 17.8 Å².